The zero-order valence-electron chi connectivity index (χ0n) is 11.3. The maximum absolute atomic E-state index is 12.1. The molecule has 1 saturated heterocycles. The van der Waals surface area contributed by atoms with Crippen molar-refractivity contribution in [3.63, 3.8) is 0 Å². The number of hydrogen-bond donors (Lipinski definition) is 1. The van der Waals surface area contributed by atoms with Crippen LogP contribution in [0.15, 0.2) is 60.7 Å². The summed E-state index contributed by atoms with van der Waals surface area (Å²) in [5, 5.41) is 3.30. The van der Waals surface area contributed by atoms with Crippen LogP contribution in [0.5, 0.6) is 0 Å². The molecule has 1 aliphatic heterocycles. The van der Waals surface area contributed by atoms with Crippen molar-refractivity contribution in [1.29, 1.82) is 0 Å². The average Bonchev–Trinajstić information content (AvgIpc) is 2.75. The number of esters is 1. The molecule has 1 aliphatic rings. The summed E-state index contributed by atoms with van der Waals surface area (Å²) in [7, 11) is 0. The van der Waals surface area contributed by atoms with E-state index >= 15 is 0 Å². The van der Waals surface area contributed by atoms with Crippen LogP contribution in [0.25, 0.3) is 0 Å². The van der Waals surface area contributed by atoms with Gasteiger partial charge in [-0.15, -0.1) is 0 Å². The van der Waals surface area contributed by atoms with Crippen molar-refractivity contribution in [1.82, 2.24) is 0 Å². The molecule has 1 fully saturated rings. The molecule has 3 nitrogen and oxygen atoms in total. The van der Waals surface area contributed by atoms with Crippen molar-refractivity contribution >= 4 is 11.7 Å². The van der Waals surface area contributed by atoms with Crippen LogP contribution in [0.1, 0.15) is 18.4 Å². The number of benzene rings is 2. The van der Waals surface area contributed by atoms with E-state index < -0.39 is 0 Å². The number of rotatable bonds is 3. The van der Waals surface area contributed by atoms with Crippen molar-refractivity contribution in [2.45, 2.75) is 25.0 Å². The second-order valence-electron chi connectivity index (χ2n) is 5.07. The molecule has 3 rings (SSSR count). The lowest BCUT2D eigenvalue weighted by Crippen LogP contribution is -2.31. The van der Waals surface area contributed by atoms with Crippen LogP contribution < -0.4 is 5.32 Å². The Morgan fingerprint density at radius 2 is 1.55 bits per heavy atom. The van der Waals surface area contributed by atoms with Gasteiger partial charge in [-0.1, -0.05) is 48.5 Å². The highest BCUT2D eigenvalue weighted by Gasteiger charge is 2.43. The number of nitrogens with one attached hydrogen (secondary N) is 1. The Labute approximate surface area is 118 Å². The average molecular weight is 267 g/mol. The monoisotopic (exact) mass is 267 g/mol. The maximum atomic E-state index is 12.1. The van der Waals surface area contributed by atoms with Gasteiger partial charge in [-0.25, -0.2) is 4.79 Å². The Kier molecular flexibility index (Phi) is 3.42. The first-order valence-corrected chi connectivity index (χ1v) is 6.83. The summed E-state index contributed by atoms with van der Waals surface area (Å²) in [6.45, 7) is 1.95. The highest BCUT2D eigenvalue weighted by Crippen LogP contribution is 2.34. The molecule has 0 unspecified atom stereocenters. The Morgan fingerprint density at radius 1 is 0.950 bits per heavy atom. The van der Waals surface area contributed by atoms with E-state index in [1.807, 2.05) is 67.6 Å². The van der Waals surface area contributed by atoms with E-state index in [0.717, 1.165) is 11.3 Å². The van der Waals surface area contributed by atoms with Crippen LogP contribution in [0.2, 0.25) is 0 Å². The van der Waals surface area contributed by atoms with Gasteiger partial charge in [0.05, 0.1) is 5.92 Å². The molecular formula is C17H17NO2. The topological polar surface area (TPSA) is 38.3 Å². The van der Waals surface area contributed by atoms with Crippen LogP contribution in [0.4, 0.5) is 5.69 Å². The fraction of sp³-hybridized carbons (Fsp3) is 0.235. The Bertz CT molecular complexity index is 582. The Hall–Kier alpha value is -2.29. The summed E-state index contributed by atoms with van der Waals surface area (Å²) in [4.78, 5) is 12.1. The molecule has 0 aliphatic carbocycles. The highest BCUT2D eigenvalue weighted by molar-refractivity contribution is 5.83. The van der Waals surface area contributed by atoms with E-state index in [2.05, 4.69) is 5.32 Å². The molecule has 2 aromatic carbocycles. The third-order valence-electron chi connectivity index (χ3n) is 3.70. The largest absolute Gasteiger partial charge is 0.460 e. The smallest absolute Gasteiger partial charge is 0.329 e. The summed E-state index contributed by atoms with van der Waals surface area (Å²) in [5.74, 6) is -0.154. The van der Waals surface area contributed by atoms with Gasteiger partial charge >= 0.3 is 5.97 Å². The van der Waals surface area contributed by atoms with E-state index in [4.69, 9.17) is 4.74 Å². The molecule has 0 amide bonds. The molecule has 0 spiro atoms. The second kappa shape index (κ2) is 5.37. The number of anilines is 1. The lowest BCUT2D eigenvalue weighted by Gasteiger charge is -2.20. The van der Waals surface area contributed by atoms with Crippen molar-refractivity contribution < 1.29 is 9.53 Å². The summed E-state index contributed by atoms with van der Waals surface area (Å²) in [5.41, 5.74) is 2.06. The van der Waals surface area contributed by atoms with E-state index in [-0.39, 0.29) is 24.0 Å². The highest BCUT2D eigenvalue weighted by atomic mass is 16.6. The summed E-state index contributed by atoms with van der Waals surface area (Å²) >= 11 is 0. The van der Waals surface area contributed by atoms with E-state index in [1.165, 1.54) is 0 Å². The van der Waals surface area contributed by atoms with E-state index in [9.17, 15) is 4.79 Å². The van der Waals surface area contributed by atoms with Gasteiger partial charge in [0, 0.05) is 5.69 Å². The van der Waals surface area contributed by atoms with Gasteiger partial charge in [-0.3, -0.25) is 0 Å². The molecule has 0 saturated carbocycles. The Balaban J connectivity index is 1.89. The predicted octanol–water partition coefficient (Wildman–Crippen LogP) is 3.20. The van der Waals surface area contributed by atoms with Gasteiger partial charge in [0.25, 0.3) is 0 Å². The summed E-state index contributed by atoms with van der Waals surface area (Å²) in [6, 6.07) is 19.5. The van der Waals surface area contributed by atoms with Crippen molar-refractivity contribution in [2.24, 2.45) is 0 Å². The predicted molar refractivity (Wildman–Crippen MR) is 78.6 cm³/mol. The molecule has 102 valence electrons. The van der Waals surface area contributed by atoms with Crippen LogP contribution in [-0.2, 0) is 9.53 Å². The van der Waals surface area contributed by atoms with Gasteiger partial charge in [0.15, 0.2) is 0 Å². The molecule has 1 N–H and O–H groups in total. The molecule has 0 aromatic heterocycles. The molecule has 3 atom stereocenters. The van der Waals surface area contributed by atoms with E-state index in [0.29, 0.717) is 0 Å². The number of carbonyl (C=O) groups is 1. The van der Waals surface area contributed by atoms with Gasteiger partial charge in [0.1, 0.15) is 12.1 Å². The molecule has 0 radical (unpaired) electrons. The molecule has 20 heavy (non-hydrogen) atoms. The fourth-order valence-corrected chi connectivity index (χ4v) is 2.75. The number of hydrogen-bond acceptors (Lipinski definition) is 3. The number of carbonyl (C=O) groups excluding carboxylic acids is 1. The van der Waals surface area contributed by atoms with Crippen LogP contribution in [0, 0.1) is 0 Å². The van der Waals surface area contributed by atoms with Crippen LogP contribution in [0.3, 0.4) is 0 Å². The molecule has 0 bridgehead atoms. The lowest BCUT2D eigenvalue weighted by molar-refractivity contribution is -0.141. The minimum Gasteiger partial charge on any atom is -0.460 e. The van der Waals surface area contributed by atoms with Gasteiger partial charge in [-0.2, -0.15) is 0 Å². The zero-order chi connectivity index (χ0) is 13.9. The minimum absolute atomic E-state index is 0.0314. The third-order valence-corrected chi connectivity index (χ3v) is 3.70. The number of cyclic esters (lactones) is 1. The summed E-state index contributed by atoms with van der Waals surface area (Å²) < 4.78 is 5.41. The SMILES string of the molecule is C[C@@H]1OC(=O)[C@H](Nc2ccccc2)[C@H]1c1ccccc1. The number of ether oxygens (including phenoxy) is 1. The first kappa shape index (κ1) is 12.7. The molecule has 2 aromatic rings. The Morgan fingerprint density at radius 3 is 2.20 bits per heavy atom. The zero-order valence-corrected chi connectivity index (χ0v) is 11.3. The lowest BCUT2D eigenvalue weighted by atomic mass is 9.89. The fourth-order valence-electron chi connectivity index (χ4n) is 2.75. The molecular weight excluding hydrogens is 250 g/mol. The molecule has 1 heterocycles. The van der Waals surface area contributed by atoms with Gasteiger partial charge in [-0.05, 0) is 24.6 Å². The summed E-state index contributed by atoms with van der Waals surface area (Å²) in [6.07, 6.45) is -0.119. The van der Waals surface area contributed by atoms with E-state index in [1.54, 1.807) is 0 Å². The third kappa shape index (κ3) is 2.39. The first-order valence-electron chi connectivity index (χ1n) is 6.83. The number of para-hydroxylation sites is 1. The first-order chi connectivity index (χ1) is 9.75. The van der Waals surface area contributed by atoms with Crippen molar-refractivity contribution in [2.75, 3.05) is 5.32 Å². The minimum atomic E-state index is -0.338. The normalized spacial score (nSPS) is 25.2. The van der Waals surface area contributed by atoms with Gasteiger partial charge < -0.3 is 10.1 Å². The van der Waals surface area contributed by atoms with Crippen LogP contribution in [-0.4, -0.2) is 18.1 Å². The van der Waals surface area contributed by atoms with Crippen molar-refractivity contribution in [3.8, 4) is 0 Å². The quantitative estimate of drug-likeness (QED) is 0.868. The maximum Gasteiger partial charge on any atom is 0.329 e. The van der Waals surface area contributed by atoms with Crippen LogP contribution >= 0.6 is 0 Å². The standard InChI is InChI=1S/C17H17NO2/c1-12-15(13-8-4-2-5-9-13)16(17(19)20-12)18-14-10-6-3-7-11-14/h2-12,15-16,18H,1H3/t12-,15+,16+/m0/s1. The van der Waals surface area contributed by atoms with Gasteiger partial charge in [0.2, 0.25) is 0 Å². The molecule has 3 heteroatoms. The second-order valence-corrected chi connectivity index (χ2v) is 5.07. The van der Waals surface area contributed by atoms with Crippen molar-refractivity contribution in [3.05, 3.63) is 66.2 Å².